The number of likely N-dealkylation sites (N-methyl/N-ethyl adjacent to an activating group) is 1. The molecule has 6 heteroatoms. The van der Waals surface area contributed by atoms with Gasteiger partial charge in [-0.15, -0.1) is 0 Å². The van der Waals surface area contributed by atoms with Gasteiger partial charge in [0.25, 0.3) is 0 Å². The highest BCUT2D eigenvalue weighted by Gasteiger charge is 2.42. The van der Waals surface area contributed by atoms with Crippen molar-refractivity contribution in [1.82, 2.24) is 10.2 Å². The summed E-state index contributed by atoms with van der Waals surface area (Å²) < 4.78 is 5.15. The summed E-state index contributed by atoms with van der Waals surface area (Å²) in [6.45, 7) is 17.8. The molecule has 0 heterocycles. The Kier molecular flexibility index (Phi) is 11.9. The number of nitrogens with zero attached hydrogens (tertiary/aromatic N) is 1. The summed E-state index contributed by atoms with van der Waals surface area (Å²) in [5, 5.41) is 3.18. The third-order valence-corrected chi connectivity index (χ3v) is 7.88. The van der Waals surface area contributed by atoms with Gasteiger partial charge in [-0.2, -0.15) is 0 Å². The number of hydrogen-bond donors (Lipinski definition) is 1. The van der Waals surface area contributed by atoms with Crippen molar-refractivity contribution in [3.8, 4) is 0 Å². The molecule has 6 nitrogen and oxygen atoms in total. The Morgan fingerprint density at radius 3 is 1.95 bits per heavy atom. The van der Waals surface area contributed by atoms with E-state index in [1.807, 2.05) is 83.1 Å². The smallest absolute Gasteiger partial charge is 0.333 e. The summed E-state index contributed by atoms with van der Waals surface area (Å²) >= 11 is 0. The van der Waals surface area contributed by atoms with Gasteiger partial charge < -0.3 is 15.0 Å². The lowest BCUT2D eigenvalue weighted by molar-refractivity contribution is -0.142. The summed E-state index contributed by atoms with van der Waals surface area (Å²) in [6, 6.07) is 18.9. The van der Waals surface area contributed by atoms with Crippen LogP contribution in [0.15, 0.2) is 72.3 Å². The van der Waals surface area contributed by atoms with Crippen LogP contribution < -0.4 is 5.32 Å². The minimum Gasteiger partial charge on any atom is -0.463 e. The van der Waals surface area contributed by atoms with Crippen molar-refractivity contribution in [2.45, 2.75) is 86.2 Å². The van der Waals surface area contributed by atoms with Gasteiger partial charge in [0.05, 0.1) is 18.6 Å². The van der Waals surface area contributed by atoms with E-state index in [1.165, 1.54) is 0 Å². The highest BCUT2D eigenvalue weighted by molar-refractivity contribution is 5.91. The molecule has 2 rings (SSSR count). The van der Waals surface area contributed by atoms with E-state index in [0.717, 1.165) is 11.1 Å². The second kappa shape index (κ2) is 14.5. The molecule has 224 valence electrons. The number of esters is 1. The molecule has 0 spiro atoms. The maximum absolute atomic E-state index is 14.2. The molecule has 0 fully saturated rings. The molecular weight excluding hydrogens is 512 g/mol. The fourth-order valence-electron chi connectivity index (χ4n) is 5.16. The number of nitrogens with one attached hydrogen (secondary N) is 1. The Morgan fingerprint density at radius 1 is 0.927 bits per heavy atom. The molecule has 0 aliphatic rings. The number of carbonyl (C=O) groups excluding carboxylic acids is 3. The zero-order valence-electron chi connectivity index (χ0n) is 26.7. The van der Waals surface area contributed by atoms with E-state index in [2.05, 4.69) is 31.3 Å². The van der Waals surface area contributed by atoms with Crippen LogP contribution in [0, 0.1) is 17.3 Å². The molecule has 0 aliphatic heterocycles. The van der Waals surface area contributed by atoms with Crippen LogP contribution in [0.25, 0.3) is 0 Å². The van der Waals surface area contributed by atoms with E-state index in [-0.39, 0.29) is 30.4 Å². The molecule has 0 aromatic heterocycles. The van der Waals surface area contributed by atoms with Gasteiger partial charge in [0.2, 0.25) is 11.8 Å². The van der Waals surface area contributed by atoms with Crippen molar-refractivity contribution in [3.05, 3.63) is 83.4 Å². The standard InChI is InChI=1S/C35H50N2O4/c1-11-41-33(40)25(4)22-29(24(2)3)37(10)32(39)30(34(5,6)7)36-31(38)28(23-26-18-14-12-15-19-26)35(8,9)27-20-16-13-17-21-27/h12-22,24,28-30H,11,23H2,1-10H3,(H,36,38)/t28-,29-,30-/m1/s1. The Hall–Kier alpha value is -3.41. The van der Waals surface area contributed by atoms with Gasteiger partial charge in [0.15, 0.2) is 0 Å². The SMILES string of the molecule is CCOC(=O)C(C)=C[C@H](C(C)C)N(C)C(=O)[C@@H](NC(=O)[C@@H](Cc1ccccc1)C(C)(C)c1ccccc1)C(C)(C)C. The number of carbonyl (C=O) groups is 3. The van der Waals surface area contributed by atoms with E-state index in [0.29, 0.717) is 12.0 Å². The Balaban J connectivity index is 2.46. The fourth-order valence-corrected chi connectivity index (χ4v) is 5.16. The van der Waals surface area contributed by atoms with Crippen molar-refractivity contribution in [1.29, 1.82) is 0 Å². The maximum atomic E-state index is 14.2. The second-order valence-corrected chi connectivity index (χ2v) is 12.9. The van der Waals surface area contributed by atoms with Gasteiger partial charge in [0.1, 0.15) is 6.04 Å². The maximum Gasteiger partial charge on any atom is 0.333 e. The van der Waals surface area contributed by atoms with Crippen LogP contribution in [-0.4, -0.2) is 48.4 Å². The molecule has 1 N–H and O–H groups in total. The largest absolute Gasteiger partial charge is 0.463 e. The first kappa shape index (κ1) is 33.8. The van der Waals surface area contributed by atoms with Crippen molar-refractivity contribution in [2.24, 2.45) is 17.3 Å². The molecule has 0 bridgehead atoms. The number of benzene rings is 2. The summed E-state index contributed by atoms with van der Waals surface area (Å²) in [5.74, 6) is -1.15. The molecule has 2 amide bonds. The van der Waals surface area contributed by atoms with Crippen LogP contribution in [0.3, 0.4) is 0 Å². The Bertz CT molecular complexity index is 1180. The number of hydrogen-bond acceptors (Lipinski definition) is 4. The normalized spacial score (nSPS) is 14.7. The van der Waals surface area contributed by atoms with E-state index >= 15 is 0 Å². The van der Waals surface area contributed by atoms with Crippen molar-refractivity contribution in [2.75, 3.05) is 13.7 Å². The molecule has 3 atom stereocenters. The Labute approximate surface area is 247 Å². The molecule has 0 saturated heterocycles. The first-order valence-electron chi connectivity index (χ1n) is 14.6. The first-order valence-corrected chi connectivity index (χ1v) is 14.6. The van der Waals surface area contributed by atoms with Gasteiger partial charge in [-0.3, -0.25) is 9.59 Å². The van der Waals surface area contributed by atoms with Crippen LogP contribution in [0.5, 0.6) is 0 Å². The molecule has 41 heavy (non-hydrogen) atoms. The number of amides is 2. The minimum atomic E-state index is -0.776. The van der Waals surface area contributed by atoms with Crippen LogP contribution >= 0.6 is 0 Å². The summed E-state index contributed by atoms with van der Waals surface area (Å²) in [6.07, 6.45) is 2.32. The first-order chi connectivity index (χ1) is 19.1. The molecule has 0 aliphatic carbocycles. The van der Waals surface area contributed by atoms with E-state index in [9.17, 15) is 14.4 Å². The molecule has 0 unspecified atom stereocenters. The summed E-state index contributed by atoms with van der Waals surface area (Å²) in [4.78, 5) is 42.3. The van der Waals surface area contributed by atoms with Crippen LogP contribution in [0.2, 0.25) is 0 Å². The monoisotopic (exact) mass is 562 g/mol. The van der Waals surface area contributed by atoms with Crippen LogP contribution in [0.1, 0.15) is 73.4 Å². The van der Waals surface area contributed by atoms with Crippen molar-refractivity contribution in [3.63, 3.8) is 0 Å². The van der Waals surface area contributed by atoms with E-state index < -0.39 is 28.8 Å². The minimum absolute atomic E-state index is 0.0347. The zero-order chi connectivity index (χ0) is 31.0. The van der Waals surface area contributed by atoms with Crippen molar-refractivity contribution >= 4 is 17.8 Å². The lowest BCUT2D eigenvalue weighted by atomic mass is 9.70. The van der Waals surface area contributed by atoms with Crippen molar-refractivity contribution < 1.29 is 19.1 Å². The molecule has 0 radical (unpaired) electrons. The van der Waals surface area contributed by atoms with Gasteiger partial charge in [-0.1, -0.05) is 115 Å². The molecule has 2 aromatic rings. The lowest BCUT2D eigenvalue weighted by Crippen LogP contribution is -2.58. The quantitative estimate of drug-likeness (QED) is 0.242. The van der Waals surface area contributed by atoms with Gasteiger partial charge in [-0.25, -0.2) is 4.79 Å². The predicted octanol–water partition coefficient (Wildman–Crippen LogP) is 6.35. The topological polar surface area (TPSA) is 75.7 Å². The average Bonchev–Trinajstić information content (AvgIpc) is 2.92. The Morgan fingerprint density at radius 2 is 1.46 bits per heavy atom. The highest BCUT2D eigenvalue weighted by atomic mass is 16.5. The van der Waals surface area contributed by atoms with Gasteiger partial charge in [0, 0.05) is 18.0 Å². The predicted molar refractivity (Wildman–Crippen MR) is 166 cm³/mol. The lowest BCUT2D eigenvalue weighted by Gasteiger charge is -2.40. The molecule has 0 saturated carbocycles. The van der Waals surface area contributed by atoms with Gasteiger partial charge >= 0.3 is 5.97 Å². The second-order valence-electron chi connectivity index (χ2n) is 12.9. The highest BCUT2D eigenvalue weighted by Crippen LogP contribution is 2.35. The third-order valence-electron chi connectivity index (χ3n) is 7.88. The van der Waals surface area contributed by atoms with Crippen LogP contribution in [0.4, 0.5) is 0 Å². The zero-order valence-corrected chi connectivity index (χ0v) is 26.7. The molecule has 2 aromatic carbocycles. The van der Waals surface area contributed by atoms with E-state index in [1.54, 1.807) is 31.9 Å². The van der Waals surface area contributed by atoms with Crippen LogP contribution in [-0.2, 0) is 31.0 Å². The molecular formula is C35H50N2O4. The summed E-state index contributed by atoms with van der Waals surface area (Å²) in [7, 11) is 1.74. The van der Waals surface area contributed by atoms with E-state index in [4.69, 9.17) is 4.74 Å². The average molecular weight is 563 g/mol. The summed E-state index contributed by atoms with van der Waals surface area (Å²) in [5.41, 5.74) is 1.52. The number of ether oxygens (including phenoxy) is 1. The third kappa shape index (κ3) is 9.04. The van der Waals surface area contributed by atoms with Gasteiger partial charge in [-0.05, 0) is 42.7 Å². The number of rotatable bonds is 12. The fraction of sp³-hybridized carbons (Fsp3) is 0.514.